The minimum absolute atomic E-state index is 0.167. The fourth-order valence-electron chi connectivity index (χ4n) is 2.52. The van der Waals surface area contributed by atoms with Crippen LogP contribution in [-0.2, 0) is 0 Å². The molecule has 0 spiro atoms. The first kappa shape index (κ1) is 16.4. The lowest BCUT2D eigenvalue weighted by molar-refractivity contribution is 0.102. The van der Waals surface area contributed by atoms with Crippen molar-refractivity contribution in [2.24, 2.45) is 5.29 Å². The van der Waals surface area contributed by atoms with Gasteiger partial charge in [0.05, 0.1) is 16.7 Å². The van der Waals surface area contributed by atoms with Crippen molar-refractivity contribution in [1.82, 2.24) is 0 Å². The number of hydrogen-bond donors (Lipinski definition) is 1. The van der Waals surface area contributed by atoms with E-state index < -0.39 is 0 Å². The normalized spacial score (nSPS) is 10.1. The number of aryl methyl sites for hydroxylation is 1. The summed E-state index contributed by atoms with van der Waals surface area (Å²) < 4.78 is 0. The third-order valence-corrected chi connectivity index (χ3v) is 3.84. The molecule has 0 saturated carbocycles. The second-order valence-corrected chi connectivity index (χ2v) is 5.54. The molecule has 0 saturated heterocycles. The van der Waals surface area contributed by atoms with Gasteiger partial charge in [-0.05, 0) is 55.0 Å². The summed E-state index contributed by atoms with van der Waals surface area (Å²) in [5.41, 5.74) is 3.49. The molecule has 5 heteroatoms. The van der Waals surface area contributed by atoms with Crippen LogP contribution >= 0.6 is 0 Å². The summed E-state index contributed by atoms with van der Waals surface area (Å²) in [5.74, 6) is -0.167. The van der Waals surface area contributed by atoms with E-state index in [0.29, 0.717) is 22.6 Å². The number of carbonyl (C=O) groups is 1. The first-order valence-corrected chi connectivity index (χ1v) is 7.84. The van der Waals surface area contributed by atoms with E-state index in [1.54, 1.807) is 42.5 Å². The number of para-hydroxylation sites is 1. The van der Waals surface area contributed by atoms with Crippen LogP contribution in [0, 0.1) is 11.8 Å². The van der Waals surface area contributed by atoms with Crippen LogP contribution in [0.25, 0.3) is 0 Å². The zero-order valence-electron chi connectivity index (χ0n) is 13.7. The van der Waals surface area contributed by atoms with Crippen LogP contribution in [0.3, 0.4) is 0 Å². The number of rotatable bonds is 5. The third-order valence-electron chi connectivity index (χ3n) is 3.84. The Morgan fingerprint density at radius 2 is 1.44 bits per heavy atom. The molecule has 3 aromatic rings. The average molecular weight is 331 g/mol. The molecular formula is C20H17N3O2. The number of nitrogens with zero attached hydrogens (tertiary/aromatic N) is 2. The molecule has 0 unspecified atom stereocenters. The average Bonchev–Trinajstić information content (AvgIpc) is 2.65. The molecule has 1 amide bonds. The third kappa shape index (κ3) is 3.72. The predicted octanol–water partition coefficient (Wildman–Crippen LogP) is 5.07. The highest BCUT2D eigenvalue weighted by molar-refractivity contribution is 6.05. The van der Waals surface area contributed by atoms with Gasteiger partial charge in [-0.2, -0.15) is 5.01 Å². The van der Waals surface area contributed by atoms with Crippen LogP contribution in [0.1, 0.15) is 15.9 Å². The van der Waals surface area contributed by atoms with Gasteiger partial charge >= 0.3 is 0 Å². The molecule has 3 rings (SSSR count). The van der Waals surface area contributed by atoms with E-state index in [-0.39, 0.29) is 5.91 Å². The van der Waals surface area contributed by atoms with E-state index in [0.717, 1.165) is 5.56 Å². The molecule has 124 valence electrons. The SMILES string of the molecule is Cc1ccccc1C(=O)Nc1ccc(N(N=O)c2ccccc2)cc1. The molecule has 0 fully saturated rings. The van der Waals surface area contributed by atoms with Crippen LogP contribution in [0.4, 0.5) is 17.1 Å². The summed E-state index contributed by atoms with van der Waals surface area (Å²) in [6.07, 6.45) is 0. The Morgan fingerprint density at radius 1 is 0.840 bits per heavy atom. The number of nitrogens with one attached hydrogen (secondary N) is 1. The molecule has 0 aromatic heterocycles. The lowest BCUT2D eigenvalue weighted by Crippen LogP contribution is -2.13. The standard InChI is InChI=1S/C20H17N3O2/c1-15-7-5-6-10-19(15)20(24)21-16-11-13-18(14-12-16)23(22-25)17-8-3-2-4-9-17/h2-14H,1H3,(H,21,24). The number of nitroso groups, excluding NO2 is 1. The molecule has 0 bridgehead atoms. The summed E-state index contributed by atoms with van der Waals surface area (Å²) in [6, 6.07) is 23.5. The number of amides is 1. The number of benzene rings is 3. The van der Waals surface area contributed by atoms with E-state index in [9.17, 15) is 9.70 Å². The fourth-order valence-corrected chi connectivity index (χ4v) is 2.52. The van der Waals surface area contributed by atoms with E-state index in [4.69, 9.17) is 0 Å². The van der Waals surface area contributed by atoms with Crippen molar-refractivity contribution in [3.05, 3.63) is 94.9 Å². The Morgan fingerprint density at radius 3 is 2.08 bits per heavy atom. The van der Waals surface area contributed by atoms with Gasteiger partial charge in [0.25, 0.3) is 5.91 Å². The van der Waals surface area contributed by atoms with Crippen molar-refractivity contribution in [3.63, 3.8) is 0 Å². The number of carbonyl (C=O) groups excluding carboxylic acids is 1. The van der Waals surface area contributed by atoms with E-state index in [1.165, 1.54) is 5.01 Å². The van der Waals surface area contributed by atoms with Crippen molar-refractivity contribution in [3.8, 4) is 0 Å². The predicted molar refractivity (Wildman–Crippen MR) is 100.0 cm³/mol. The van der Waals surface area contributed by atoms with Crippen molar-refractivity contribution in [2.45, 2.75) is 6.92 Å². The van der Waals surface area contributed by atoms with Gasteiger partial charge in [0.15, 0.2) is 0 Å². The lowest BCUT2D eigenvalue weighted by Gasteiger charge is -2.15. The Labute approximate surface area is 145 Å². The molecule has 0 aliphatic carbocycles. The van der Waals surface area contributed by atoms with Gasteiger partial charge in [0.1, 0.15) is 0 Å². The monoisotopic (exact) mass is 331 g/mol. The summed E-state index contributed by atoms with van der Waals surface area (Å²) in [5, 5.41) is 7.23. The first-order chi connectivity index (χ1) is 12.2. The quantitative estimate of drug-likeness (QED) is 0.524. The van der Waals surface area contributed by atoms with Crippen LogP contribution in [-0.4, -0.2) is 5.91 Å². The van der Waals surface area contributed by atoms with Crippen molar-refractivity contribution in [2.75, 3.05) is 10.3 Å². The smallest absolute Gasteiger partial charge is 0.255 e. The molecule has 5 nitrogen and oxygen atoms in total. The summed E-state index contributed by atoms with van der Waals surface area (Å²) in [7, 11) is 0. The van der Waals surface area contributed by atoms with Crippen molar-refractivity contribution in [1.29, 1.82) is 0 Å². The van der Waals surface area contributed by atoms with E-state index in [1.807, 2.05) is 43.3 Å². The Kier molecular flexibility index (Phi) is 4.85. The van der Waals surface area contributed by atoms with Crippen LogP contribution in [0.15, 0.2) is 84.1 Å². The molecule has 3 aromatic carbocycles. The first-order valence-electron chi connectivity index (χ1n) is 7.84. The zero-order valence-corrected chi connectivity index (χ0v) is 13.7. The Balaban J connectivity index is 1.77. The van der Waals surface area contributed by atoms with Gasteiger partial charge in [0, 0.05) is 11.3 Å². The fraction of sp³-hybridized carbons (Fsp3) is 0.0500. The maximum atomic E-state index is 12.3. The molecule has 1 N–H and O–H groups in total. The number of hydrogen-bond acceptors (Lipinski definition) is 3. The molecule has 0 aliphatic rings. The van der Waals surface area contributed by atoms with Crippen LogP contribution in [0.5, 0.6) is 0 Å². The summed E-state index contributed by atoms with van der Waals surface area (Å²) in [6.45, 7) is 1.89. The molecular weight excluding hydrogens is 314 g/mol. The number of anilines is 3. The minimum Gasteiger partial charge on any atom is -0.322 e. The highest BCUT2D eigenvalue weighted by Gasteiger charge is 2.11. The van der Waals surface area contributed by atoms with E-state index >= 15 is 0 Å². The Bertz CT molecular complexity index is 877. The largest absolute Gasteiger partial charge is 0.322 e. The Hall–Kier alpha value is -3.47. The molecule has 25 heavy (non-hydrogen) atoms. The topological polar surface area (TPSA) is 61.8 Å². The zero-order chi connectivity index (χ0) is 17.6. The van der Waals surface area contributed by atoms with Gasteiger partial charge in [-0.3, -0.25) is 4.79 Å². The molecule has 0 aliphatic heterocycles. The van der Waals surface area contributed by atoms with Gasteiger partial charge in [-0.1, -0.05) is 36.4 Å². The minimum atomic E-state index is -0.167. The molecule has 0 radical (unpaired) electrons. The van der Waals surface area contributed by atoms with Gasteiger partial charge in [-0.25, -0.2) is 0 Å². The molecule has 0 heterocycles. The maximum absolute atomic E-state index is 12.3. The van der Waals surface area contributed by atoms with E-state index in [2.05, 4.69) is 10.6 Å². The highest BCUT2D eigenvalue weighted by Crippen LogP contribution is 2.26. The summed E-state index contributed by atoms with van der Waals surface area (Å²) >= 11 is 0. The van der Waals surface area contributed by atoms with Gasteiger partial charge in [0.2, 0.25) is 0 Å². The van der Waals surface area contributed by atoms with Crippen LogP contribution in [0.2, 0.25) is 0 Å². The highest BCUT2D eigenvalue weighted by atomic mass is 16.3. The van der Waals surface area contributed by atoms with Crippen molar-refractivity contribution < 1.29 is 4.79 Å². The lowest BCUT2D eigenvalue weighted by atomic mass is 10.1. The second-order valence-electron chi connectivity index (χ2n) is 5.54. The second kappa shape index (κ2) is 7.40. The van der Waals surface area contributed by atoms with Gasteiger partial charge in [-0.15, -0.1) is 4.91 Å². The van der Waals surface area contributed by atoms with Crippen LogP contribution < -0.4 is 10.3 Å². The summed E-state index contributed by atoms with van der Waals surface area (Å²) in [4.78, 5) is 23.5. The molecule has 0 atom stereocenters. The maximum Gasteiger partial charge on any atom is 0.255 e. The van der Waals surface area contributed by atoms with Crippen molar-refractivity contribution >= 4 is 23.0 Å². The van der Waals surface area contributed by atoms with Gasteiger partial charge < -0.3 is 5.32 Å².